The van der Waals surface area contributed by atoms with Crippen LogP contribution in [0, 0.1) is 5.92 Å². The van der Waals surface area contributed by atoms with E-state index in [1.54, 1.807) is 0 Å². The maximum atomic E-state index is 6.15. The number of halogens is 1. The van der Waals surface area contributed by atoms with Gasteiger partial charge in [-0.15, -0.1) is 0 Å². The molecule has 2 rings (SSSR count). The molecule has 1 aliphatic rings. The molecule has 0 saturated heterocycles. The highest BCUT2D eigenvalue weighted by Gasteiger charge is 2.21. The van der Waals surface area contributed by atoms with Crippen LogP contribution in [0.5, 0.6) is 0 Å². The SMILES string of the molecule is CC(C)NCC(CC1CCCC1)c1cccc(Cl)c1. The Morgan fingerprint density at radius 3 is 2.63 bits per heavy atom. The van der Waals surface area contributed by atoms with Crippen molar-refractivity contribution in [3.63, 3.8) is 0 Å². The van der Waals surface area contributed by atoms with E-state index in [2.05, 4.69) is 37.4 Å². The Labute approximate surface area is 122 Å². The highest BCUT2D eigenvalue weighted by molar-refractivity contribution is 6.30. The molecular weight excluding hydrogens is 254 g/mol. The molecule has 0 aliphatic heterocycles. The predicted molar refractivity (Wildman–Crippen MR) is 83.9 cm³/mol. The summed E-state index contributed by atoms with van der Waals surface area (Å²) in [6.45, 7) is 5.49. The number of hydrogen-bond acceptors (Lipinski definition) is 1. The van der Waals surface area contributed by atoms with Gasteiger partial charge in [0, 0.05) is 17.6 Å². The van der Waals surface area contributed by atoms with Crippen LogP contribution in [-0.2, 0) is 0 Å². The lowest BCUT2D eigenvalue weighted by molar-refractivity contribution is 0.416. The van der Waals surface area contributed by atoms with Crippen molar-refractivity contribution in [1.82, 2.24) is 5.32 Å². The Morgan fingerprint density at radius 1 is 1.26 bits per heavy atom. The zero-order valence-electron chi connectivity index (χ0n) is 12.2. The largest absolute Gasteiger partial charge is 0.314 e. The molecule has 1 aromatic rings. The van der Waals surface area contributed by atoms with Crippen LogP contribution < -0.4 is 5.32 Å². The number of hydrogen-bond donors (Lipinski definition) is 1. The van der Waals surface area contributed by atoms with Gasteiger partial charge in [-0.1, -0.05) is 63.3 Å². The summed E-state index contributed by atoms with van der Waals surface area (Å²) in [5.41, 5.74) is 1.40. The quantitative estimate of drug-likeness (QED) is 0.772. The fourth-order valence-electron chi connectivity index (χ4n) is 3.12. The molecule has 1 nitrogen and oxygen atoms in total. The minimum atomic E-state index is 0.547. The molecule has 0 aromatic heterocycles. The summed E-state index contributed by atoms with van der Waals surface area (Å²) in [5, 5.41) is 4.45. The van der Waals surface area contributed by atoms with E-state index in [9.17, 15) is 0 Å². The van der Waals surface area contributed by atoms with E-state index in [0.717, 1.165) is 17.5 Å². The summed E-state index contributed by atoms with van der Waals surface area (Å²) in [5.74, 6) is 1.52. The molecule has 1 N–H and O–H groups in total. The van der Waals surface area contributed by atoms with Gasteiger partial charge in [-0.05, 0) is 36.0 Å². The zero-order valence-corrected chi connectivity index (χ0v) is 12.9. The molecule has 0 radical (unpaired) electrons. The van der Waals surface area contributed by atoms with Crippen molar-refractivity contribution in [2.45, 2.75) is 57.9 Å². The normalized spacial score (nSPS) is 18.1. The molecule has 106 valence electrons. The third kappa shape index (κ3) is 4.81. The Kier molecular flexibility index (Phi) is 5.72. The molecule has 0 spiro atoms. The van der Waals surface area contributed by atoms with E-state index >= 15 is 0 Å². The third-order valence-electron chi connectivity index (χ3n) is 4.19. The van der Waals surface area contributed by atoms with Crippen LogP contribution in [0.2, 0.25) is 5.02 Å². The van der Waals surface area contributed by atoms with Gasteiger partial charge in [-0.3, -0.25) is 0 Å². The minimum Gasteiger partial charge on any atom is -0.314 e. The molecule has 0 bridgehead atoms. The molecule has 1 atom stereocenters. The van der Waals surface area contributed by atoms with Crippen LogP contribution in [0.3, 0.4) is 0 Å². The number of nitrogens with one attached hydrogen (secondary N) is 1. The predicted octanol–water partition coefficient (Wildman–Crippen LogP) is 5.00. The molecule has 1 aromatic carbocycles. The van der Waals surface area contributed by atoms with Crippen molar-refractivity contribution in [2.75, 3.05) is 6.54 Å². The molecule has 19 heavy (non-hydrogen) atoms. The fraction of sp³-hybridized carbons (Fsp3) is 0.647. The van der Waals surface area contributed by atoms with Crippen molar-refractivity contribution >= 4 is 11.6 Å². The van der Waals surface area contributed by atoms with Crippen molar-refractivity contribution in [3.05, 3.63) is 34.9 Å². The highest BCUT2D eigenvalue weighted by Crippen LogP contribution is 2.34. The summed E-state index contributed by atoms with van der Waals surface area (Å²) in [4.78, 5) is 0. The lowest BCUT2D eigenvalue weighted by atomic mass is 9.87. The van der Waals surface area contributed by atoms with E-state index in [-0.39, 0.29) is 0 Å². The Hall–Kier alpha value is -0.530. The van der Waals surface area contributed by atoms with Gasteiger partial charge >= 0.3 is 0 Å². The molecule has 0 heterocycles. The number of rotatable bonds is 6. The first-order valence-corrected chi connectivity index (χ1v) is 8.02. The number of benzene rings is 1. The van der Waals surface area contributed by atoms with Gasteiger partial charge in [-0.2, -0.15) is 0 Å². The Balaban J connectivity index is 2.03. The second-order valence-electron chi connectivity index (χ2n) is 6.20. The van der Waals surface area contributed by atoms with E-state index in [1.807, 2.05) is 6.07 Å². The first kappa shape index (κ1) is 14.9. The summed E-state index contributed by atoms with van der Waals surface area (Å²) < 4.78 is 0. The maximum absolute atomic E-state index is 6.15. The summed E-state index contributed by atoms with van der Waals surface area (Å²) >= 11 is 6.15. The Morgan fingerprint density at radius 2 is 2.00 bits per heavy atom. The smallest absolute Gasteiger partial charge is 0.0408 e. The summed E-state index contributed by atoms with van der Waals surface area (Å²) in [6.07, 6.45) is 6.98. The molecular formula is C17H26ClN. The lowest BCUT2D eigenvalue weighted by Gasteiger charge is -2.23. The van der Waals surface area contributed by atoms with E-state index in [1.165, 1.54) is 37.7 Å². The third-order valence-corrected chi connectivity index (χ3v) is 4.42. The van der Waals surface area contributed by atoms with E-state index in [0.29, 0.717) is 12.0 Å². The van der Waals surface area contributed by atoms with Gasteiger partial charge in [-0.25, -0.2) is 0 Å². The average Bonchev–Trinajstić information content (AvgIpc) is 2.87. The summed E-state index contributed by atoms with van der Waals surface area (Å²) in [7, 11) is 0. The highest BCUT2D eigenvalue weighted by atomic mass is 35.5. The van der Waals surface area contributed by atoms with E-state index in [4.69, 9.17) is 11.6 Å². The van der Waals surface area contributed by atoms with Gasteiger partial charge in [0.2, 0.25) is 0 Å². The van der Waals surface area contributed by atoms with Crippen molar-refractivity contribution < 1.29 is 0 Å². The molecule has 1 unspecified atom stereocenters. The second-order valence-corrected chi connectivity index (χ2v) is 6.64. The van der Waals surface area contributed by atoms with Gasteiger partial charge < -0.3 is 5.32 Å². The first-order valence-electron chi connectivity index (χ1n) is 7.64. The standard InChI is InChI=1S/C17H26ClN/c1-13(2)19-12-16(10-14-6-3-4-7-14)15-8-5-9-17(18)11-15/h5,8-9,11,13-14,16,19H,3-4,6-7,10,12H2,1-2H3. The monoisotopic (exact) mass is 279 g/mol. The van der Waals surface area contributed by atoms with Gasteiger partial charge in [0.25, 0.3) is 0 Å². The van der Waals surface area contributed by atoms with Gasteiger partial charge in [0.15, 0.2) is 0 Å². The maximum Gasteiger partial charge on any atom is 0.0408 e. The molecule has 0 amide bonds. The van der Waals surface area contributed by atoms with Gasteiger partial charge in [0.1, 0.15) is 0 Å². The van der Waals surface area contributed by atoms with Gasteiger partial charge in [0.05, 0.1) is 0 Å². The minimum absolute atomic E-state index is 0.547. The van der Waals surface area contributed by atoms with Crippen LogP contribution >= 0.6 is 11.6 Å². The topological polar surface area (TPSA) is 12.0 Å². The van der Waals surface area contributed by atoms with Crippen molar-refractivity contribution in [1.29, 1.82) is 0 Å². The van der Waals surface area contributed by atoms with Crippen LogP contribution in [0.15, 0.2) is 24.3 Å². The second kappa shape index (κ2) is 7.31. The summed E-state index contributed by atoms with van der Waals surface area (Å²) in [6, 6.07) is 8.96. The van der Waals surface area contributed by atoms with Crippen molar-refractivity contribution in [2.24, 2.45) is 5.92 Å². The molecule has 1 fully saturated rings. The van der Waals surface area contributed by atoms with Crippen LogP contribution in [0.4, 0.5) is 0 Å². The van der Waals surface area contributed by atoms with Crippen LogP contribution in [-0.4, -0.2) is 12.6 Å². The molecule has 1 aliphatic carbocycles. The molecule has 1 saturated carbocycles. The average molecular weight is 280 g/mol. The van der Waals surface area contributed by atoms with Crippen molar-refractivity contribution in [3.8, 4) is 0 Å². The van der Waals surface area contributed by atoms with E-state index < -0.39 is 0 Å². The lowest BCUT2D eigenvalue weighted by Crippen LogP contribution is -2.28. The van der Waals surface area contributed by atoms with Crippen LogP contribution in [0.1, 0.15) is 57.4 Å². The zero-order chi connectivity index (χ0) is 13.7. The molecule has 2 heteroatoms. The fourth-order valence-corrected chi connectivity index (χ4v) is 3.32. The first-order chi connectivity index (χ1) is 9.15. The van der Waals surface area contributed by atoms with Crippen LogP contribution in [0.25, 0.3) is 0 Å². The Bertz CT molecular complexity index is 383.